The van der Waals surface area contributed by atoms with E-state index in [1.165, 1.54) is 0 Å². The van der Waals surface area contributed by atoms with Crippen molar-refractivity contribution in [3.63, 3.8) is 0 Å². The maximum absolute atomic E-state index is 13.7. The number of amides is 1. The van der Waals surface area contributed by atoms with Crippen molar-refractivity contribution in [3.8, 4) is 11.5 Å². The van der Waals surface area contributed by atoms with Crippen LogP contribution in [0.25, 0.3) is 11.0 Å². The smallest absolute Gasteiger partial charge is 0.295 e. The molecule has 1 aliphatic heterocycles. The third kappa shape index (κ3) is 3.51. The lowest BCUT2D eigenvalue weighted by Gasteiger charge is -2.26. The van der Waals surface area contributed by atoms with Gasteiger partial charge in [0.25, 0.3) is 5.91 Å². The Morgan fingerprint density at radius 1 is 1.03 bits per heavy atom. The molecular weight excluding hydrogens is 454 g/mol. The number of methoxy groups -OCH3 is 1. The van der Waals surface area contributed by atoms with Gasteiger partial charge in [0, 0.05) is 10.7 Å². The Balaban J connectivity index is 1.80. The number of rotatable bonds is 5. The molecule has 1 aromatic heterocycles. The summed E-state index contributed by atoms with van der Waals surface area (Å²) in [7, 11) is 1.55. The Labute approximate surface area is 201 Å². The Morgan fingerprint density at radius 3 is 2.59 bits per heavy atom. The van der Waals surface area contributed by atoms with Crippen molar-refractivity contribution in [2.24, 2.45) is 0 Å². The first-order valence-electron chi connectivity index (χ1n) is 10.9. The topological polar surface area (TPSA) is 69.0 Å². The van der Waals surface area contributed by atoms with Crippen LogP contribution in [-0.4, -0.2) is 19.6 Å². The van der Waals surface area contributed by atoms with Gasteiger partial charge in [0.2, 0.25) is 5.76 Å². The summed E-state index contributed by atoms with van der Waals surface area (Å²) in [6.07, 6.45) is 0. The normalized spacial score (nSPS) is 15.0. The van der Waals surface area contributed by atoms with Gasteiger partial charge >= 0.3 is 0 Å². The highest BCUT2D eigenvalue weighted by atomic mass is 35.5. The standard InChI is InChI=1S/C27H22ClNO5/c1-4-33-21-11-9-16(13-22(21)32-3)24-23-25(30)19-12-15(2)8-10-20(19)34-26(23)27(31)29(24)18-7-5-6-17(28)14-18/h5-14,24H,4H2,1-3H3. The van der Waals surface area contributed by atoms with Crippen molar-refractivity contribution in [1.29, 1.82) is 0 Å². The average Bonchev–Trinajstić information content (AvgIpc) is 3.12. The van der Waals surface area contributed by atoms with Crippen LogP contribution in [0, 0.1) is 6.92 Å². The van der Waals surface area contributed by atoms with Gasteiger partial charge in [-0.3, -0.25) is 14.5 Å². The molecule has 0 aliphatic carbocycles. The Hall–Kier alpha value is -3.77. The fourth-order valence-corrected chi connectivity index (χ4v) is 4.61. The number of benzene rings is 3. The molecule has 1 unspecified atom stereocenters. The number of halogens is 1. The molecule has 0 radical (unpaired) electrons. The average molecular weight is 476 g/mol. The summed E-state index contributed by atoms with van der Waals surface area (Å²) in [5.74, 6) is 0.704. The minimum atomic E-state index is -0.730. The van der Waals surface area contributed by atoms with Gasteiger partial charge in [-0.25, -0.2) is 0 Å². The summed E-state index contributed by atoms with van der Waals surface area (Å²) in [6.45, 7) is 4.27. The van der Waals surface area contributed by atoms with E-state index in [0.29, 0.717) is 45.3 Å². The molecule has 3 aromatic carbocycles. The van der Waals surface area contributed by atoms with Gasteiger partial charge in [-0.15, -0.1) is 0 Å². The Morgan fingerprint density at radius 2 is 1.85 bits per heavy atom. The van der Waals surface area contributed by atoms with Crippen LogP contribution in [0.5, 0.6) is 11.5 Å². The molecule has 0 fully saturated rings. The number of hydrogen-bond acceptors (Lipinski definition) is 5. The maximum Gasteiger partial charge on any atom is 0.295 e. The summed E-state index contributed by atoms with van der Waals surface area (Å²) in [5.41, 5.74) is 2.59. The van der Waals surface area contributed by atoms with Gasteiger partial charge in [-0.1, -0.05) is 35.4 Å². The highest BCUT2D eigenvalue weighted by molar-refractivity contribution is 6.31. The van der Waals surface area contributed by atoms with Gasteiger partial charge in [-0.05, 0) is 61.9 Å². The highest BCUT2D eigenvalue weighted by Gasteiger charge is 2.44. The first-order valence-corrected chi connectivity index (χ1v) is 11.3. The zero-order valence-electron chi connectivity index (χ0n) is 18.9. The lowest BCUT2D eigenvalue weighted by molar-refractivity contribution is 0.0971. The molecular formula is C27H22ClNO5. The van der Waals surface area contributed by atoms with Crippen LogP contribution in [0.1, 0.15) is 40.2 Å². The second-order valence-corrected chi connectivity index (χ2v) is 8.51. The first-order chi connectivity index (χ1) is 16.4. The van der Waals surface area contributed by atoms with E-state index in [4.69, 9.17) is 25.5 Å². The van der Waals surface area contributed by atoms with Crippen molar-refractivity contribution in [1.82, 2.24) is 0 Å². The van der Waals surface area contributed by atoms with Gasteiger partial charge < -0.3 is 13.9 Å². The fourth-order valence-electron chi connectivity index (χ4n) is 4.42. The van der Waals surface area contributed by atoms with E-state index in [1.54, 1.807) is 60.5 Å². The number of carbonyl (C=O) groups is 1. The number of hydrogen-bond donors (Lipinski definition) is 0. The second-order valence-electron chi connectivity index (χ2n) is 8.07. The van der Waals surface area contributed by atoms with Crippen molar-refractivity contribution in [3.05, 3.63) is 98.4 Å². The number of aryl methyl sites for hydroxylation is 1. The second kappa shape index (κ2) is 8.54. The van der Waals surface area contributed by atoms with Gasteiger partial charge in [-0.2, -0.15) is 0 Å². The van der Waals surface area contributed by atoms with Crippen molar-refractivity contribution in [2.45, 2.75) is 19.9 Å². The van der Waals surface area contributed by atoms with E-state index in [0.717, 1.165) is 5.56 Å². The molecule has 0 bridgehead atoms. The van der Waals surface area contributed by atoms with Crippen LogP contribution in [0.3, 0.4) is 0 Å². The van der Waals surface area contributed by atoms with E-state index in [2.05, 4.69) is 0 Å². The molecule has 172 valence electrons. The minimum Gasteiger partial charge on any atom is -0.493 e. The highest BCUT2D eigenvalue weighted by Crippen LogP contribution is 2.43. The molecule has 6 nitrogen and oxygen atoms in total. The molecule has 0 N–H and O–H groups in total. The molecule has 34 heavy (non-hydrogen) atoms. The molecule has 1 aliphatic rings. The van der Waals surface area contributed by atoms with Crippen molar-refractivity contribution >= 4 is 34.2 Å². The van der Waals surface area contributed by atoms with Gasteiger partial charge in [0.05, 0.1) is 30.7 Å². The van der Waals surface area contributed by atoms with Gasteiger partial charge in [0.15, 0.2) is 16.9 Å². The number of ether oxygens (including phenoxy) is 2. The quantitative estimate of drug-likeness (QED) is 0.359. The molecule has 0 saturated carbocycles. The summed E-state index contributed by atoms with van der Waals surface area (Å²) < 4.78 is 17.2. The van der Waals surface area contributed by atoms with Crippen LogP contribution in [0.4, 0.5) is 5.69 Å². The Kier molecular flexibility index (Phi) is 5.54. The van der Waals surface area contributed by atoms with Crippen molar-refractivity contribution < 1.29 is 18.7 Å². The van der Waals surface area contributed by atoms with E-state index >= 15 is 0 Å². The van der Waals surface area contributed by atoms with Crippen LogP contribution in [-0.2, 0) is 0 Å². The molecule has 4 aromatic rings. The molecule has 0 spiro atoms. The fraction of sp³-hybridized carbons (Fsp3) is 0.185. The predicted molar refractivity (Wildman–Crippen MR) is 131 cm³/mol. The van der Waals surface area contributed by atoms with E-state index < -0.39 is 11.9 Å². The third-order valence-electron chi connectivity index (χ3n) is 5.92. The first kappa shape index (κ1) is 22.0. The van der Waals surface area contributed by atoms with E-state index in [-0.39, 0.29) is 16.8 Å². The lowest BCUT2D eigenvalue weighted by Crippen LogP contribution is -2.29. The summed E-state index contributed by atoms with van der Waals surface area (Å²) in [4.78, 5) is 29.0. The van der Waals surface area contributed by atoms with Gasteiger partial charge in [0.1, 0.15) is 5.58 Å². The van der Waals surface area contributed by atoms with Crippen LogP contribution < -0.4 is 19.8 Å². The molecule has 0 saturated heterocycles. The number of anilines is 1. The van der Waals surface area contributed by atoms with E-state index in [1.807, 2.05) is 26.0 Å². The third-order valence-corrected chi connectivity index (χ3v) is 6.15. The zero-order valence-corrected chi connectivity index (χ0v) is 19.7. The lowest BCUT2D eigenvalue weighted by atomic mass is 9.97. The zero-order chi connectivity index (χ0) is 24.0. The van der Waals surface area contributed by atoms with Crippen LogP contribution >= 0.6 is 11.6 Å². The number of carbonyl (C=O) groups excluding carboxylic acids is 1. The minimum absolute atomic E-state index is 0.0270. The number of fused-ring (bicyclic) bond motifs is 2. The molecule has 2 heterocycles. The van der Waals surface area contributed by atoms with E-state index in [9.17, 15) is 9.59 Å². The molecule has 1 atom stereocenters. The predicted octanol–water partition coefficient (Wildman–Crippen LogP) is 5.91. The molecule has 5 rings (SSSR count). The SMILES string of the molecule is CCOc1ccc(C2c3c(oc4ccc(C)cc4c3=O)C(=O)N2c2cccc(Cl)c2)cc1OC. The van der Waals surface area contributed by atoms with Crippen molar-refractivity contribution in [2.75, 3.05) is 18.6 Å². The maximum atomic E-state index is 13.7. The molecule has 1 amide bonds. The summed E-state index contributed by atoms with van der Waals surface area (Å²) in [5, 5.41) is 0.909. The molecule has 7 heteroatoms. The van der Waals surface area contributed by atoms with Crippen LogP contribution in [0.2, 0.25) is 5.02 Å². The summed E-state index contributed by atoms with van der Waals surface area (Å²) >= 11 is 6.25. The Bertz CT molecular complexity index is 1490. The van der Waals surface area contributed by atoms with Crippen LogP contribution in [0.15, 0.2) is 69.9 Å². The monoisotopic (exact) mass is 475 g/mol. The number of nitrogens with zero attached hydrogens (tertiary/aromatic N) is 1. The summed E-state index contributed by atoms with van der Waals surface area (Å²) in [6, 6.07) is 17.0. The largest absolute Gasteiger partial charge is 0.493 e.